The van der Waals surface area contributed by atoms with Gasteiger partial charge in [-0.25, -0.2) is 0 Å². The third-order valence-electron chi connectivity index (χ3n) is 16.2. The second-order valence-electron chi connectivity index (χ2n) is 25.5. The van der Waals surface area contributed by atoms with Crippen LogP contribution in [-0.4, -0.2) is 82.3 Å². The number of quaternary nitrogens is 1. The van der Waals surface area contributed by atoms with E-state index in [0.29, 0.717) is 17.4 Å². The van der Waals surface area contributed by atoms with Crippen LogP contribution in [0.2, 0.25) is 0 Å². The van der Waals surface area contributed by atoms with Crippen LogP contribution in [0.5, 0.6) is 0 Å². The van der Waals surface area contributed by atoms with Crippen LogP contribution in [0.1, 0.15) is 361 Å². The Morgan fingerprint density at radius 2 is 0.667 bits per heavy atom. The topological polar surface area (TPSA) is 111 Å². The Balaban J connectivity index is 3.97. The number of carbonyl (C=O) groups excluding carboxylic acids is 3. The lowest BCUT2D eigenvalue weighted by molar-refractivity contribution is -0.870. The SMILES string of the molecule is CCCCCCC/C=C\C/C=C\CCCCCCCCCCCCCCCCCCCCCCCCCCCC(=O)OC(COC(=O)CCCCCCCCCCCCCCCCCCCCC)COC(OCC[N+](C)(C)C)C(=O)[O-]. The lowest BCUT2D eigenvalue weighted by Crippen LogP contribution is -2.44. The minimum Gasteiger partial charge on any atom is -0.545 e. The fourth-order valence-corrected chi connectivity index (χ4v) is 10.7. The van der Waals surface area contributed by atoms with Gasteiger partial charge >= 0.3 is 11.9 Å². The molecule has 2 atom stereocenters. The van der Waals surface area contributed by atoms with E-state index in [9.17, 15) is 19.5 Å². The number of esters is 2. The van der Waals surface area contributed by atoms with E-state index in [2.05, 4.69) is 38.2 Å². The van der Waals surface area contributed by atoms with Crippen molar-refractivity contribution in [2.45, 2.75) is 373 Å². The highest BCUT2D eigenvalue weighted by atomic mass is 16.7. The smallest absolute Gasteiger partial charge is 0.306 e. The van der Waals surface area contributed by atoms with Crippen molar-refractivity contribution in [1.82, 2.24) is 0 Å². The molecule has 2 unspecified atom stereocenters. The van der Waals surface area contributed by atoms with Crippen LogP contribution < -0.4 is 5.11 Å². The first kappa shape index (κ1) is 78.8. The number of rotatable bonds is 67. The second kappa shape index (κ2) is 63.8. The molecule has 0 aromatic heterocycles. The zero-order chi connectivity index (χ0) is 59.1. The van der Waals surface area contributed by atoms with Crippen molar-refractivity contribution in [3.05, 3.63) is 24.3 Å². The fraction of sp³-hybridized carbons (Fsp3) is 0.903. The van der Waals surface area contributed by atoms with Gasteiger partial charge in [0.05, 0.1) is 40.3 Å². The second-order valence-corrected chi connectivity index (χ2v) is 25.5. The van der Waals surface area contributed by atoms with Crippen LogP contribution in [0.3, 0.4) is 0 Å². The summed E-state index contributed by atoms with van der Waals surface area (Å²) in [4.78, 5) is 37.4. The van der Waals surface area contributed by atoms with Crippen LogP contribution >= 0.6 is 0 Å². The van der Waals surface area contributed by atoms with E-state index in [1.807, 2.05) is 21.1 Å². The van der Waals surface area contributed by atoms with E-state index in [4.69, 9.17) is 18.9 Å². The summed E-state index contributed by atoms with van der Waals surface area (Å²) in [7, 11) is 5.94. The van der Waals surface area contributed by atoms with Gasteiger partial charge in [-0.1, -0.05) is 327 Å². The summed E-state index contributed by atoms with van der Waals surface area (Å²) < 4.78 is 22.8. The Morgan fingerprint density at radius 1 is 0.370 bits per heavy atom. The number of carbonyl (C=O) groups is 3. The number of hydrogen-bond acceptors (Lipinski definition) is 8. The summed E-state index contributed by atoms with van der Waals surface area (Å²) in [5, 5.41) is 11.8. The molecule has 0 N–H and O–H groups in total. The van der Waals surface area contributed by atoms with Gasteiger partial charge in [-0.15, -0.1) is 0 Å². The molecular formula is C72H137NO8. The third kappa shape index (κ3) is 65.2. The van der Waals surface area contributed by atoms with Gasteiger partial charge in [0, 0.05) is 12.8 Å². The number of aliphatic carboxylic acids is 1. The van der Waals surface area contributed by atoms with E-state index in [1.165, 1.54) is 289 Å². The molecule has 0 aliphatic heterocycles. The minimum absolute atomic E-state index is 0.152. The third-order valence-corrected chi connectivity index (χ3v) is 16.2. The molecule has 0 rings (SSSR count). The Labute approximate surface area is 503 Å². The number of carboxylic acid groups (broad SMARTS) is 1. The van der Waals surface area contributed by atoms with E-state index >= 15 is 0 Å². The largest absolute Gasteiger partial charge is 0.545 e. The van der Waals surface area contributed by atoms with Crippen molar-refractivity contribution in [3.63, 3.8) is 0 Å². The van der Waals surface area contributed by atoms with Gasteiger partial charge in [-0.2, -0.15) is 0 Å². The highest BCUT2D eigenvalue weighted by Crippen LogP contribution is 2.19. The van der Waals surface area contributed by atoms with Crippen molar-refractivity contribution in [2.75, 3.05) is 47.5 Å². The van der Waals surface area contributed by atoms with Crippen LogP contribution in [0.4, 0.5) is 0 Å². The molecule has 0 aromatic carbocycles. The maximum absolute atomic E-state index is 12.9. The first-order chi connectivity index (χ1) is 39.6. The fourth-order valence-electron chi connectivity index (χ4n) is 10.7. The highest BCUT2D eigenvalue weighted by molar-refractivity contribution is 5.70. The Kier molecular flexibility index (Phi) is 62.0. The number of unbranched alkanes of at least 4 members (excludes halogenated alkanes) is 48. The Bertz CT molecular complexity index is 1380. The monoisotopic (exact) mass is 1140 g/mol. The molecule has 0 aliphatic rings. The van der Waals surface area contributed by atoms with Crippen LogP contribution in [0.15, 0.2) is 24.3 Å². The first-order valence-corrected chi connectivity index (χ1v) is 35.5. The molecular weight excluding hydrogens is 1010 g/mol. The van der Waals surface area contributed by atoms with E-state index in [-0.39, 0.29) is 32.2 Å². The average Bonchev–Trinajstić information content (AvgIpc) is 3.44. The minimum atomic E-state index is -1.62. The normalized spacial score (nSPS) is 12.8. The average molecular weight is 1140 g/mol. The molecule has 0 heterocycles. The quantitative estimate of drug-likeness (QED) is 0.0195. The number of nitrogens with zero attached hydrogens (tertiary/aromatic N) is 1. The number of carboxylic acids is 1. The van der Waals surface area contributed by atoms with Crippen LogP contribution in [0.25, 0.3) is 0 Å². The number of likely N-dealkylation sites (N-methyl/N-ethyl adjacent to an activating group) is 1. The van der Waals surface area contributed by atoms with E-state index in [0.717, 1.165) is 44.9 Å². The van der Waals surface area contributed by atoms with Crippen molar-refractivity contribution in [3.8, 4) is 0 Å². The first-order valence-electron chi connectivity index (χ1n) is 35.5. The molecule has 0 saturated heterocycles. The highest BCUT2D eigenvalue weighted by Gasteiger charge is 2.22. The molecule has 0 aliphatic carbocycles. The van der Waals surface area contributed by atoms with Crippen LogP contribution in [-0.2, 0) is 33.3 Å². The number of ether oxygens (including phenoxy) is 4. The van der Waals surface area contributed by atoms with Crippen molar-refractivity contribution in [1.29, 1.82) is 0 Å². The maximum atomic E-state index is 12.9. The lowest BCUT2D eigenvalue weighted by Gasteiger charge is -2.26. The summed E-state index contributed by atoms with van der Waals surface area (Å²) >= 11 is 0. The molecule has 0 radical (unpaired) electrons. The summed E-state index contributed by atoms with van der Waals surface area (Å²) in [5.41, 5.74) is 0. The Morgan fingerprint density at radius 3 is 0.975 bits per heavy atom. The maximum Gasteiger partial charge on any atom is 0.306 e. The van der Waals surface area contributed by atoms with Crippen molar-refractivity contribution in [2.24, 2.45) is 0 Å². The molecule has 0 spiro atoms. The van der Waals surface area contributed by atoms with Gasteiger partial charge < -0.3 is 33.3 Å². The molecule has 9 nitrogen and oxygen atoms in total. The Hall–Kier alpha value is -2.23. The molecule has 0 saturated carbocycles. The van der Waals surface area contributed by atoms with Gasteiger partial charge in [-0.3, -0.25) is 9.59 Å². The molecule has 81 heavy (non-hydrogen) atoms. The van der Waals surface area contributed by atoms with E-state index in [1.54, 1.807) is 0 Å². The zero-order valence-electron chi connectivity index (χ0n) is 54.7. The standard InChI is InChI=1S/C72H137NO8/c1-6-8-10-12-14-16-18-20-22-24-26-27-28-29-30-31-32-33-34-35-36-37-38-39-40-41-42-43-45-47-49-51-53-55-57-59-61-63-70(75)81-68(67-80-72(71(76)77)78-65-64-73(3,4)5)66-79-69(74)62-60-58-56-54-52-50-48-46-44-25-23-21-19-17-15-13-11-9-7-2/h18,20,24,26,68,72H,6-17,19,21-23,25,27-67H2,1-5H3/b20-18-,26-24-. The lowest BCUT2D eigenvalue weighted by atomic mass is 10.0. The molecule has 9 heteroatoms. The van der Waals surface area contributed by atoms with Gasteiger partial charge in [-0.05, 0) is 44.9 Å². The predicted molar refractivity (Wildman–Crippen MR) is 343 cm³/mol. The van der Waals surface area contributed by atoms with Gasteiger partial charge in [0.1, 0.15) is 13.2 Å². The van der Waals surface area contributed by atoms with Gasteiger partial charge in [0.15, 0.2) is 12.4 Å². The molecule has 0 bridgehead atoms. The van der Waals surface area contributed by atoms with Crippen molar-refractivity contribution < 1.29 is 42.9 Å². The predicted octanol–water partition coefficient (Wildman–Crippen LogP) is 20.5. The van der Waals surface area contributed by atoms with E-state index < -0.39 is 24.3 Å². The van der Waals surface area contributed by atoms with Crippen molar-refractivity contribution >= 4 is 17.9 Å². The van der Waals surface area contributed by atoms with Gasteiger partial charge in [0.2, 0.25) is 0 Å². The van der Waals surface area contributed by atoms with Gasteiger partial charge in [0.25, 0.3) is 0 Å². The summed E-state index contributed by atoms with van der Waals surface area (Å²) in [5.74, 6) is -2.25. The molecule has 0 amide bonds. The summed E-state index contributed by atoms with van der Waals surface area (Å²) in [6.45, 7) is 4.81. The zero-order valence-corrected chi connectivity index (χ0v) is 54.7. The van der Waals surface area contributed by atoms with Crippen LogP contribution in [0, 0.1) is 0 Å². The number of hydrogen-bond donors (Lipinski definition) is 0. The molecule has 0 fully saturated rings. The number of allylic oxidation sites excluding steroid dienone is 4. The summed E-state index contributed by atoms with van der Waals surface area (Å²) in [6.07, 6.45) is 75.6. The molecule has 0 aromatic rings. The summed E-state index contributed by atoms with van der Waals surface area (Å²) in [6, 6.07) is 0. The molecule has 478 valence electrons.